The van der Waals surface area contributed by atoms with Gasteiger partial charge in [-0.1, -0.05) is 0 Å². The molecule has 0 saturated heterocycles. The topological polar surface area (TPSA) is 107 Å². The van der Waals surface area contributed by atoms with E-state index in [4.69, 9.17) is 0 Å². The molecule has 1 N–H and O–H groups in total. The smallest absolute Gasteiger partial charge is 0.300 e. The van der Waals surface area contributed by atoms with Gasteiger partial charge in [-0.3, -0.25) is 15.1 Å². The van der Waals surface area contributed by atoms with Crippen molar-refractivity contribution in [3.05, 3.63) is 46.8 Å². The number of benzene rings is 1. The summed E-state index contributed by atoms with van der Waals surface area (Å²) in [5, 5.41) is 21.1. The van der Waals surface area contributed by atoms with E-state index in [1.165, 1.54) is 6.07 Å². The van der Waals surface area contributed by atoms with Crippen LogP contribution in [-0.2, 0) is 0 Å². The van der Waals surface area contributed by atoms with Crippen LogP contribution in [0.2, 0.25) is 0 Å². The normalized spacial score (nSPS) is 10.5. The number of rotatable bonds is 3. The third-order valence-corrected chi connectivity index (χ3v) is 2.53. The fraction of sp³-hybridized carbons (Fsp3) is 0. The summed E-state index contributed by atoms with van der Waals surface area (Å²) in [5.74, 6) is 0. The number of hydrogen-bond donors (Lipinski definition) is 1. The number of aromatic nitrogens is 3. The Balaban J connectivity index is 2.08. The molecule has 0 unspecified atom stereocenters. The molecular formula is C11H7N5O3. The van der Waals surface area contributed by atoms with Crippen molar-refractivity contribution in [2.75, 3.05) is 5.32 Å². The van der Waals surface area contributed by atoms with E-state index in [2.05, 4.69) is 25.2 Å². The summed E-state index contributed by atoms with van der Waals surface area (Å²) in [7, 11) is 0. The van der Waals surface area contributed by atoms with Crippen molar-refractivity contribution < 1.29 is 9.55 Å². The van der Waals surface area contributed by atoms with Gasteiger partial charge >= 0.3 is 5.69 Å². The summed E-state index contributed by atoms with van der Waals surface area (Å²) < 4.78 is 4.57. The molecule has 2 heterocycles. The van der Waals surface area contributed by atoms with Crippen molar-refractivity contribution in [3.8, 4) is 0 Å². The van der Waals surface area contributed by atoms with Gasteiger partial charge in [0.05, 0.1) is 22.5 Å². The minimum Gasteiger partial charge on any atom is -0.352 e. The number of hydrogen-bond acceptors (Lipinski definition) is 7. The lowest BCUT2D eigenvalue weighted by Crippen LogP contribution is -1.95. The molecule has 0 atom stereocenters. The summed E-state index contributed by atoms with van der Waals surface area (Å²) in [4.78, 5) is 14.3. The minimum absolute atomic E-state index is 0.110. The zero-order chi connectivity index (χ0) is 13.2. The molecule has 8 nitrogen and oxygen atoms in total. The second-order valence-corrected chi connectivity index (χ2v) is 3.72. The molecule has 0 aliphatic carbocycles. The van der Waals surface area contributed by atoms with Crippen LogP contribution < -0.4 is 5.32 Å². The molecule has 0 amide bonds. The SMILES string of the molecule is O=[N+]([O-])c1ccc(Nc2cccnc2)c2nonc12. The summed E-state index contributed by atoms with van der Waals surface area (Å²) in [6, 6.07) is 6.49. The second kappa shape index (κ2) is 4.33. The van der Waals surface area contributed by atoms with Crippen LogP contribution in [0, 0.1) is 10.1 Å². The molecule has 0 bridgehead atoms. The zero-order valence-corrected chi connectivity index (χ0v) is 9.48. The summed E-state index contributed by atoms with van der Waals surface area (Å²) in [6.07, 6.45) is 3.27. The molecule has 0 fully saturated rings. The number of fused-ring (bicyclic) bond motifs is 1. The fourth-order valence-corrected chi connectivity index (χ4v) is 1.69. The van der Waals surface area contributed by atoms with Crippen molar-refractivity contribution in [1.82, 2.24) is 15.3 Å². The van der Waals surface area contributed by atoms with Gasteiger partial charge in [0.25, 0.3) is 0 Å². The maximum atomic E-state index is 10.8. The highest BCUT2D eigenvalue weighted by Crippen LogP contribution is 2.30. The van der Waals surface area contributed by atoms with E-state index in [0.29, 0.717) is 11.2 Å². The Labute approximate surface area is 106 Å². The quantitative estimate of drug-likeness (QED) is 0.566. The average Bonchev–Trinajstić information content (AvgIpc) is 2.89. The average molecular weight is 257 g/mol. The van der Waals surface area contributed by atoms with Gasteiger partial charge < -0.3 is 5.32 Å². The third-order valence-electron chi connectivity index (χ3n) is 2.53. The van der Waals surface area contributed by atoms with Gasteiger partial charge in [-0.2, -0.15) is 0 Å². The Morgan fingerprint density at radius 2 is 2.05 bits per heavy atom. The van der Waals surface area contributed by atoms with E-state index in [1.54, 1.807) is 24.5 Å². The number of pyridine rings is 1. The highest BCUT2D eigenvalue weighted by atomic mass is 16.6. The second-order valence-electron chi connectivity index (χ2n) is 3.72. The van der Waals surface area contributed by atoms with Crippen LogP contribution in [0.1, 0.15) is 0 Å². The molecule has 0 saturated carbocycles. The molecule has 1 aromatic carbocycles. The van der Waals surface area contributed by atoms with E-state index < -0.39 is 4.92 Å². The van der Waals surface area contributed by atoms with Gasteiger partial charge in [-0.15, -0.1) is 0 Å². The zero-order valence-electron chi connectivity index (χ0n) is 9.48. The molecule has 94 valence electrons. The Kier molecular flexibility index (Phi) is 2.53. The van der Waals surface area contributed by atoms with E-state index in [-0.39, 0.29) is 11.2 Å². The van der Waals surface area contributed by atoms with Crippen LogP contribution in [-0.4, -0.2) is 20.2 Å². The molecule has 0 aliphatic rings. The predicted molar refractivity (Wildman–Crippen MR) is 66.0 cm³/mol. The van der Waals surface area contributed by atoms with Crippen LogP contribution in [0.3, 0.4) is 0 Å². The van der Waals surface area contributed by atoms with Crippen LogP contribution in [0.4, 0.5) is 17.1 Å². The first kappa shape index (κ1) is 11.1. The number of anilines is 2. The van der Waals surface area contributed by atoms with Gasteiger partial charge in [0.15, 0.2) is 5.52 Å². The van der Waals surface area contributed by atoms with Crippen LogP contribution in [0.25, 0.3) is 11.0 Å². The maximum absolute atomic E-state index is 10.8. The van der Waals surface area contributed by atoms with Crippen LogP contribution in [0.5, 0.6) is 0 Å². The van der Waals surface area contributed by atoms with Gasteiger partial charge in [-0.25, -0.2) is 4.63 Å². The predicted octanol–water partition coefficient (Wildman–Crippen LogP) is 2.27. The first-order chi connectivity index (χ1) is 9.25. The number of nitrogens with one attached hydrogen (secondary N) is 1. The van der Waals surface area contributed by atoms with Gasteiger partial charge in [0, 0.05) is 12.3 Å². The molecule has 0 spiro atoms. The summed E-state index contributed by atoms with van der Waals surface area (Å²) >= 11 is 0. The maximum Gasteiger partial charge on any atom is 0.300 e. The molecule has 2 aromatic heterocycles. The molecule has 0 radical (unpaired) electrons. The molecular weight excluding hydrogens is 250 g/mol. The molecule has 3 rings (SSSR count). The van der Waals surface area contributed by atoms with Crippen LogP contribution >= 0.6 is 0 Å². The van der Waals surface area contributed by atoms with E-state index in [0.717, 1.165) is 5.69 Å². The van der Waals surface area contributed by atoms with Crippen molar-refractivity contribution in [1.29, 1.82) is 0 Å². The first-order valence-corrected chi connectivity index (χ1v) is 5.32. The van der Waals surface area contributed by atoms with Crippen molar-refractivity contribution in [2.24, 2.45) is 0 Å². The van der Waals surface area contributed by atoms with E-state index >= 15 is 0 Å². The lowest BCUT2D eigenvalue weighted by Gasteiger charge is -2.05. The Morgan fingerprint density at radius 1 is 1.21 bits per heavy atom. The summed E-state index contributed by atoms with van der Waals surface area (Å²) in [6.45, 7) is 0. The number of nitro groups is 1. The van der Waals surface area contributed by atoms with Crippen molar-refractivity contribution in [3.63, 3.8) is 0 Å². The Bertz CT molecular complexity index is 740. The monoisotopic (exact) mass is 257 g/mol. The standard InChI is InChI=1S/C11H7N5O3/c17-16(18)9-4-3-8(10-11(9)15-19-14-10)13-7-2-1-5-12-6-7/h1-6,13H. The molecule has 8 heteroatoms. The fourth-order valence-electron chi connectivity index (χ4n) is 1.69. The first-order valence-electron chi connectivity index (χ1n) is 5.32. The molecule has 19 heavy (non-hydrogen) atoms. The highest BCUT2D eigenvalue weighted by molar-refractivity contribution is 5.94. The largest absolute Gasteiger partial charge is 0.352 e. The molecule has 0 aliphatic heterocycles. The van der Waals surface area contributed by atoms with Gasteiger partial charge in [0.2, 0.25) is 5.52 Å². The number of nitro benzene ring substituents is 1. The highest BCUT2D eigenvalue weighted by Gasteiger charge is 2.19. The number of nitrogens with zero attached hydrogens (tertiary/aromatic N) is 4. The third kappa shape index (κ3) is 1.95. The van der Waals surface area contributed by atoms with Crippen LogP contribution in [0.15, 0.2) is 41.3 Å². The van der Waals surface area contributed by atoms with Gasteiger partial charge in [-0.05, 0) is 28.5 Å². The lowest BCUT2D eigenvalue weighted by atomic mass is 10.2. The number of non-ortho nitro benzene ring substituents is 1. The van der Waals surface area contributed by atoms with Crippen molar-refractivity contribution in [2.45, 2.75) is 0 Å². The summed E-state index contributed by atoms with van der Waals surface area (Å²) in [5.41, 5.74) is 1.57. The lowest BCUT2D eigenvalue weighted by molar-refractivity contribution is -0.383. The Hall–Kier alpha value is -3.03. The minimum atomic E-state index is -0.527. The van der Waals surface area contributed by atoms with Crippen molar-refractivity contribution >= 4 is 28.1 Å². The Morgan fingerprint density at radius 3 is 2.79 bits per heavy atom. The van der Waals surface area contributed by atoms with E-state index in [1.807, 2.05) is 6.07 Å². The van der Waals surface area contributed by atoms with E-state index in [9.17, 15) is 10.1 Å². The molecule has 3 aromatic rings. The van der Waals surface area contributed by atoms with Gasteiger partial charge in [0.1, 0.15) is 0 Å².